The van der Waals surface area contributed by atoms with E-state index in [1.807, 2.05) is 12.2 Å². The number of hydrogen-bond acceptors (Lipinski definition) is 10. The van der Waals surface area contributed by atoms with E-state index in [2.05, 4.69) is 19.2 Å². The first kappa shape index (κ1) is 33.5. The minimum atomic E-state index is -1.46. The highest BCUT2D eigenvalue weighted by Gasteiger charge is 2.53. The zero-order valence-electron chi connectivity index (χ0n) is 25.6. The molecule has 2 amide bonds. The number of thioether (sulfide) groups is 1. The molecule has 12 heteroatoms. The molecule has 3 saturated heterocycles. The van der Waals surface area contributed by atoms with E-state index in [1.54, 1.807) is 20.8 Å². The highest BCUT2D eigenvalue weighted by atomic mass is 32.2. The van der Waals surface area contributed by atoms with E-state index >= 15 is 0 Å². The van der Waals surface area contributed by atoms with Gasteiger partial charge in [-0.3, -0.25) is 9.69 Å². The van der Waals surface area contributed by atoms with Gasteiger partial charge < -0.3 is 40.6 Å². The van der Waals surface area contributed by atoms with Crippen molar-refractivity contribution in [3.63, 3.8) is 0 Å². The van der Waals surface area contributed by atoms with Gasteiger partial charge >= 0.3 is 6.09 Å². The molecule has 0 aromatic heterocycles. The maximum absolute atomic E-state index is 14.1. The van der Waals surface area contributed by atoms with Crippen LogP contribution in [0.3, 0.4) is 0 Å². The Morgan fingerprint density at radius 2 is 1.83 bits per heavy atom. The summed E-state index contributed by atoms with van der Waals surface area (Å²) in [4.78, 5) is 29.1. The highest BCUT2D eigenvalue weighted by molar-refractivity contribution is 8.00. The second kappa shape index (κ2) is 14.1. The van der Waals surface area contributed by atoms with Crippen LogP contribution in [0.4, 0.5) is 4.79 Å². The average molecular weight is 614 g/mol. The standard InChI is InChI=1S/C30H51N3O8S/c1-16(2)12-17-10-11-39-25-18(13-17)15-33(29(38)41-30(3,4)5)21(25)27(37)32-20-9-7-6-8-19(14-31)42-28-24(36)22(34)23(35)26(20)40-28/h6-7,16-26,28,34-36H,8-15,31H2,1-5H3,(H,32,37)/b7-6-/t17-,18-,19+,20+,21-,22?,23?,24+,25+,26+,28?/m0/s1. The van der Waals surface area contributed by atoms with Crippen molar-refractivity contribution in [2.24, 2.45) is 23.5 Å². The monoisotopic (exact) mass is 613 g/mol. The van der Waals surface area contributed by atoms with Crippen LogP contribution in [0.1, 0.15) is 66.7 Å². The van der Waals surface area contributed by atoms with Gasteiger partial charge in [-0.2, -0.15) is 0 Å². The molecule has 240 valence electrons. The number of aliphatic hydroxyl groups is 3. The van der Waals surface area contributed by atoms with Crippen LogP contribution in [-0.4, -0.2) is 111 Å². The number of likely N-dealkylation sites (tertiary alicyclic amines) is 1. The molecule has 2 bridgehead atoms. The van der Waals surface area contributed by atoms with Gasteiger partial charge in [0.2, 0.25) is 5.91 Å². The van der Waals surface area contributed by atoms with E-state index < -0.39 is 65.6 Å². The number of ether oxygens (including phenoxy) is 3. The second-order valence-electron chi connectivity index (χ2n) is 13.7. The molecule has 42 heavy (non-hydrogen) atoms. The Kier molecular flexibility index (Phi) is 11.3. The summed E-state index contributed by atoms with van der Waals surface area (Å²) in [7, 11) is 0. The number of carbonyl (C=O) groups excluding carboxylic acids is 2. The molecule has 4 aliphatic heterocycles. The molecular weight excluding hydrogens is 562 g/mol. The number of carbonyl (C=O) groups is 2. The fourth-order valence-corrected chi connectivity index (χ4v) is 7.91. The third-order valence-corrected chi connectivity index (χ3v) is 10.0. The minimum absolute atomic E-state index is 0.0223. The number of nitrogens with zero attached hydrogens (tertiary/aromatic N) is 1. The maximum Gasteiger partial charge on any atom is 0.411 e. The van der Waals surface area contributed by atoms with Crippen molar-refractivity contribution >= 4 is 23.8 Å². The smallest absolute Gasteiger partial charge is 0.411 e. The number of aliphatic hydroxyl groups excluding tert-OH is 3. The van der Waals surface area contributed by atoms with Crippen molar-refractivity contribution in [1.29, 1.82) is 0 Å². The van der Waals surface area contributed by atoms with Crippen LogP contribution in [0.5, 0.6) is 0 Å². The molecule has 0 aliphatic carbocycles. The van der Waals surface area contributed by atoms with Crippen LogP contribution < -0.4 is 11.1 Å². The minimum Gasteiger partial charge on any atom is -0.444 e. The number of nitrogens with one attached hydrogen (secondary N) is 1. The van der Waals surface area contributed by atoms with Crippen molar-refractivity contribution < 1.29 is 39.1 Å². The SMILES string of the molecule is CC(C)C[C@@H]1CCO[C@@H]2[C@@H](C1)CN(C(=O)OC(C)(C)C)[C@@H]2C(=O)N[C@@H]1C/C=C\C[C@H](CN)SC2O[C@H]1C(O)C(O)[C@H]2O. The Bertz CT molecular complexity index is 961. The lowest BCUT2D eigenvalue weighted by atomic mass is 9.85. The van der Waals surface area contributed by atoms with Gasteiger partial charge in [0.25, 0.3) is 0 Å². The van der Waals surface area contributed by atoms with Gasteiger partial charge in [-0.25, -0.2) is 4.79 Å². The molecular formula is C30H51N3O8S. The lowest BCUT2D eigenvalue weighted by Crippen LogP contribution is -2.64. The molecule has 4 aliphatic rings. The molecule has 0 aromatic carbocycles. The van der Waals surface area contributed by atoms with Crippen molar-refractivity contribution in [2.75, 3.05) is 19.7 Å². The van der Waals surface area contributed by atoms with E-state index in [0.29, 0.717) is 44.4 Å². The van der Waals surface area contributed by atoms with Gasteiger partial charge in [0.15, 0.2) is 0 Å². The summed E-state index contributed by atoms with van der Waals surface area (Å²) in [5.74, 6) is 0.529. The first-order valence-corrected chi connectivity index (χ1v) is 16.3. The molecule has 4 rings (SSSR count). The Labute approximate surface area is 253 Å². The largest absolute Gasteiger partial charge is 0.444 e. The normalized spacial score (nSPS) is 40.1. The third-order valence-electron chi connectivity index (χ3n) is 8.59. The van der Waals surface area contributed by atoms with Crippen molar-refractivity contribution in [2.45, 2.75) is 126 Å². The molecule has 11 atom stereocenters. The second-order valence-corrected chi connectivity index (χ2v) is 15.1. The Hall–Kier alpha value is -1.41. The number of amides is 2. The average Bonchev–Trinajstić information content (AvgIpc) is 3.15. The van der Waals surface area contributed by atoms with Crippen molar-refractivity contribution in [1.82, 2.24) is 10.2 Å². The maximum atomic E-state index is 14.1. The number of hydrogen-bond donors (Lipinski definition) is 5. The van der Waals surface area contributed by atoms with Gasteiger partial charge in [-0.15, -0.1) is 11.8 Å². The Morgan fingerprint density at radius 3 is 2.50 bits per heavy atom. The quantitative estimate of drug-likeness (QED) is 0.289. The fraction of sp³-hybridized carbons (Fsp3) is 0.867. The van der Waals surface area contributed by atoms with Crippen LogP contribution in [0.2, 0.25) is 0 Å². The zero-order chi connectivity index (χ0) is 30.8. The number of nitrogens with two attached hydrogens (primary N) is 1. The molecule has 4 heterocycles. The van der Waals surface area contributed by atoms with E-state index in [4.69, 9.17) is 19.9 Å². The van der Waals surface area contributed by atoms with Gasteiger partial charge in [0, 0.05) is 30.9 Å². The molecule has 0 radical (unpaired) electrons. The van der Waals surface area contributed by atoms with Crippen LogP contribution in [-0.2, 0) is 19.0 Å². The van der Waals surface area contributed by atoms with E-state index in [-0.39, 0.29) is 11.2 Å². The van der Waals surface area contributed by atoms with E-state index in [0.717, 1.165) is 19.3 Å². The molecule has 3 fully saturated rings. The topological polar surface area (TPSA) is 164 Å². The van der Waals surface area contributed by atoms with Crippen molar-refractivity contribution in [3.05, 3.63) is 12.2 Å². The lowest BCUT2D eigenvalue weighted by molar-refractivity contribution is -0.205. The van der Waals surface area contributed by atoms with Crippen LogP contribution in [0, 0.1) is 17.8 Å². The van der Waals surface area contributed by atoms with Gasteiger partial charge in [0.1, 0.15) is 41.5 Å². The van der Waals surface area contributed by atoms with Crippen LogP contribution in [0.25, 0.3) is 0 Å². The first-order valence-electron chi connectivity index (χ1n) is 15.4. The molecule has 0 aromatic rings. The predicted octanol–water partition coefficient (Wildman–Crippen LogP) is 1.77. The van der Waals surface area contributed by atoms with Gasteiger partial charge in [0.05, 0.1) is 12.1 Å². The summed E-state index contributed by atoms with van der Waals surface area (Å²) in [5.41, 5.74) is 4.34. The van der Waals surface area contributed by atoms with E-state index in [9.17, 15) is 24.9 Å². The number of allylic oxidation sites excluding steroid dienone is 1. The Balaban J connectivity index is 1.60. The van der Waals surface area contributed by atoms with E-state index in [1.165, 1.54) is 16.7 Å². The van der Waals surface area contributed by atoms with Crippen LogP contribution >= 0.6 is 11.8 Å². The summed E-state index contributed by atoms with van der Waals surface area (Å²) in [6, 6.07) is -1.66. The first-order chi connectivity index (χ1) is 19.8. The van der Waals surface area contributed by atoms with Crippen LogP contribution in [0.15, 0.2) is 12.2 Å². The molecule has 0 spiro atoms. The summed E-state index contributed by atoms with van der Waals surface area (Å²) in [6.07, 6.45) is 1.37. The summed E-state index contributed by atoms with van der Waals surface area (Å²) in [5, 5.41) is 35.3. The lowest BCUT2D eigenvalue weighted by Gasteiger charge is -2.44. The number of fused-ring (bicyclic) bond motifs is 3. The third kappa shape index (κ3) is 7.99. The van der Waals surface area contributed by atoms with Crippen molar-refractivity contribution in [3.8, 4) is 0 Å². The molecule has 6 N–H and O–H groups in total. The number of rotatable bonds is 5. The van der Waals surface area contributed by atoms with Gasteiger partial charge in [-0.05, 0) is 64.7 Å². The predicted molar refractivity (Wildman–Crippen MR) is 160 cm³/mol. The highest BCUT2D eigenvalue weighted by Crippen LogP contribution is 2.39. The summed E-state index contributed by atoms with van der Waals surface area (Å²) in [6.45, 7) is 11.0. The molecule has 0 saturated carbocycles. The summed E-state index contributed by atoms with van der Waals surface area (Å²) >= 11 is 1.31. The van der Waals surface area contributed by atoms with Gasteiger partial charge in [-0.1, -0.05) is 26.0 Å². The fourth-order valence-electron chi connectivity index (χ4n) is 6.69. The molecule has 3 unspecified atom stereocenters. The zero-order valence-corrected chi connectivity index (χ0v) is 26.4. The molecule has 11 nitrogen and oxygen atoms in total. The Morgan fingerprint density at radius 1 is 1.12 bits per heavy atom. The summed E-state index contributed by atoms with van der Waals surface area (Å²) < 4.78 is 18.2.